The summed E-state index contributed by atoms with van der Waals surface area (Å²) >= 11 is 0. The van der Waals surface area contributed by atoms with Crippen molar-refractivity contribution in [3.63, 3.8) is 0 Å². The lowest BCUT2D eigenvalue weighted by molar-refractivity contribution is 0.0825. The Morgan fingerprint density at radius 2 is 1.69 bits per heavy atom. The minimum atomic E-state index is -0.321. The fraction of sp³-hybridized carbons (Fsp3) is 0.462. The molecule has 0 amide bonds. The average Bonchev–Trinajstić information content (AvgIpc) is 2.83. The smallest absolute Gasteiger partial charge is 0.173 e. The number of carbonyl (C=O) groups excluding carboxylic acids is 1. The van der Waals surface area contributed by atoms with Crippen LogP contribution in [0.2, 0.25) is 0 Å². The van der Waals surface area contributed by atoms with Crippen LogP contribution in [0.25, 0.3) is 0 Å². The lowest BCUT2D eigenvalue weighted by atomic mass is 9.82. The normalized spacial score (nSPS) is 21.6. The third-order valence-corrected chi connectivity index (χ3v) is 4.05. The van der Waals surface area contributed by atoms with Gasteiger partial charge >= 0.3 is 0 Å². The first kappa shape index (κ1) is 9.70. The first-order valence-electron chi connectivity index (χ1n) is 5.73. The van der Waals surface area contributed by atoms with Gasteiger partial charge in [-0.05, 0) is 31.4 Å². The van der Waals surface area contributed by atoms with E-state index in [2.05, 4.69) is 0 Å². The molecule has 1 spiro atoms. The van der Waals surface area contributed by atoms with Crippen molar-refractivity contribution in [1.82, 2.24) is 0 Å². The molecule has 2 N–H and O–H groups in total. The predicted octanol–water partition coefficient (Wildman–Crippen LogP) is 2.40. The minimum Gasteiger partial charge on any atom is -0.508 e. The molecule has 0 aromatic heterocycles. The lowest BCUT2D eigenvalue weighted by Crippen LogP contribution is -2.23. The minimum absolute atomic E-state index is 0.0153. The van der Waals surface area contributed by atoms with Crippen molar-refractivity contribution in [2.45, 2.75) is 32.1 Å². The average molecular weight is 218 g/mol. The van der Waals surface area contributed by atoms with Gasteiger partial charge in [-0.3, -0.25) is 4.79 Å². The molecule has 0 atom stereocenters. The molecule has 0 bridgehead atoms. The van der Waals surface area contributed by atoms with Crippen molar-refractivity contribution in [2.24, 2.45) is 5.41 Å². The van der Waals surface area contributed by atoms with E-state index in [0.29, 0.717) is 17.5 Å². The molecule has 0 radical (unpaired) electrons. The Morgan fingerprint density at radius 3 is 2.31 bits per heavy atom. The van der Waals surface area contributed by atoms with Crippen molar-refractivity contribution >= 4 is 5.78 Å². The van der Waals surface area contributed by atoms with E-state index in [1.165, 1.54) is 12.1 Å². The number of carbonyl (C=O) groups is 1. The maximum absolute atomic E-state index is 12.3. The van der Waals surface area contributed by atoms with Gasteiger partial charge in [-0.25, -0.2) is 0 Å². The molecule has 1 aromatic carbocycles. The van der Waals surface area contributed by atoms with E-state index in [0.717, 1.165) is 25.7 Å². The summed E-state index contributed by atoms with van der Waals surface area (Å²) in [5.41, 5.74) is 0.687. The summed E-state index contributed by atoms with van der Waals surface area (Å²) in [6.45, 7) is 0. The Bertz CT molecular complexity index is 470. The molecule has 16 heavy (non-hydrogen) atoms. The summed E-state index contributed by atoms with van der Waals surface area (Å²) in [7, 11) is 0. The summed E-state index contributed by atoms with van der Waals surface area (Å²) in [4.78, 5) is 12.3. The lowest BCUT2D eigenvalue weighted by Gasteiger charge is -2.19. The third kappa shape index (κ3) is 1.06. The first-order valence-corrected chi connectivity index (χ1v) is 5.73. The van der Waals surface area contributed by atoms with Crippen molar-refractivity contribution < 1.29 is 15.0 Å². The van der Waals surface area contributed by atoms with Gasteiger partial charge in [0.2, 0.25) is 0 Å². The third-order valence-electron chi connectivity index (χ3n) is 4.05. The second-order valence-electron chi connectivity index (χ2n) is 4.95. The fourth-order valence-electron chi connectivity index (χ4n) is 3.20. The molecule has 2 aliphatic rings. The fourth-order valence-corrected chi connectivity index (χ4v) is 3.20. The number of phenolic OH excluding ortho intramolecular Hbond substituents is 2. The molecular weight excluding hydrogens is 204 g/mol. The number of fused-ring (bicyclic) bond motifs is 1. The van der Waals surface area contributed by atoms with Gasteiger partial charge in [-0.2, -0.15) is 0 Å². The highest BCUT2D eigenvalue weighted by Gasteiger charge is 2.49. The SMILES string of the molecule is O=C1c2c(O)ccc(O)c2CC12CCCC2. The zero-order valence-corrected chi connectivity index (χ0v) is 8.99. The van der Waals surface area contributed by atoms with E-state index in [1.807, 2.05) is 0 Å². The number of ketones is 1. The number of aromatic hydroxyl groups is 2. The van der Waals surface area contributed by atoms with Gasteiger partial charge in [0.25, 0.3) is 0 Å². The molecule has 3 nitrogen and oxygen atoms in total. The zero-order chi connectivity index (χ0) is 11.3. The Labute approximate surface area is 93.7 Å². The van der Waals surface area contributed by atoms with Gasteiger partial charge in [0.05, 0.1) is 5.56 Å². The molecule has 0 aliphatic heterocycles. The number of rotatable bonds is 0. The molecule has 0 heterocycles. The zero-order valence-electron chi connectivity index (χ0n) is 8.99. The highest BCUT2D eigenvalue weighted by Crippen LogP contribution is 2.52. The summed E-state index contributed by atoms with van der Waals surface area (Å²) in [6.07, 6.45) is 4.52. The monoisotopic (exact) mass is 218 g/mol. The molecule has 0 saturated heterocycles. The number of Topliss-reactive ketones (excluding diaryl/α,β-unsaturated/α-hetero) is 1. The summed E-state index contributed by atoms with van der Waals surface area (Å²) in [5.74, 6) is 0.194. The van der Waals surface area contributed by atoms with Crippen LogP contribution in [0.15, 0.2) is 12.1 Å². The predicted molar refractivity (Wildman–Crippen MR) is 58.7 cm³/mol. The maximum atomic E-state index is 12.3. The van der Waals surface area contributed by atoms with Crippen LogP contribution >= 0.6 is 0 Å². The van der Waals surface area contributed by atoms with Crippen LogP contribution in [-0.4, -0.2) is 16.0 Å². The largest absolute Gasteiger partial charge is 0.508 e. The highest BCUT2D eigenvalue weighted by atomic mass is 16.3. The van der Waals surface area contributed by atoms with Crippen molar-refractivity contribution in [3.05, 3.63) is 23.3 Å². The number of hydrogen-bond acceptors (Lipinski definition) is 3. The van der Waals surface area contributed by atoms with Gasteiger partial charge in [0.15, 0.2) is 5.78 Å². The van der Waals surface area contributed by atoms with Crippen LogP contribution in [-0.2, 0) is 6.42 Å². The molecular formula is C13H14O3. The van der Waals surface area contributed by atoms with Crippen LogP contribution in [0.5, 0.6) is 11.5 Å². The van der Waals surface area contributed by atoms with E-state index in [-0.39, 0.29) is 22.7 Å². The van der Waals surface area contributed by atoms with Gasteiger partial charge in [0.1, 0.15) is 11.5 Å². The molecule has 3 rings (SSSR count). The standard InChI is InChI=1S/C13H14O3/c14-9-3-4-10(15)11-8(9)7-13(12(11)16)5-1-2-6-13/h3-4,14-15H,1-2,5-7H2. The molecule has 84 valence electrons. The Balaban J connectivity index is 2.17. The second-order valence-corrected chi connectivity index (χ2v) is 4.95. The molecule has 0 unspecified atom stereocenters. The van der Waals surface area contributed by atoms with Gasteiger partial charge < -0.3 is 10.2 Å². The summed E-state index contributed by atoms with van der Waals surface area (Å²) in [5, 5.41) is 19.5. The molecule has 2 aliphatic carbocycles. The van der Waals surface area contributed by atoms with E-state index in [4.69, 9.17) is 0 Å². The van der Waals surface area contributed by atoms with Crippen molar-refractivity contribution in [3.8, 4) is 11.5 Å². The van der Waals surface area contributed by atoms with Gasteiger partial charge in [0, 0.05) is 11.0 Å². The molecule has 1 aromatic rings. The van der Waals surface area contributed by atoms with E-state index >= 15 is 0 Å². The quantitative estimate of drug-likeness (QED) is 0.657. The van der Waals surface area contributed by atoms with E-state index in [1.54, 1.807) is 0 Å². The number of benzene rings is 1. The molecule has 1 fully saturated rings. The highest BCUT2D eigenvalue weighted by molar-refractivity contribution is 6.07. The van der Waals surface area contributed by atoms with Crippen LogP contribution in [0, 0.1) is 5.41 Å². The van der Waals surface area contributed by atoms with Crippen LogP contribution in [0.3, 0.4) is 0 Å². The maximum Gasteiger partial charge on any atom is 0.173 e. The van der Waals surface area contributed by atoms with Crippen molar-refractivity contribution in [1.29, 1.82) is 0 Å². The van der Waals surface area contributed by atoms with E-state index in [9.17, 15) is 15.0 Å². The van der Waals surface area contributed by atoms with Gasteiger partial charge in [-0.15, -0.1) is 0 Å². The summed E-state index contributed by atoms with van der Waals surface area (Å²) in [6, 6.07) is 2.87. The van der Waals surface area contributed by atoms with Crippen LogP contribution in [0.4, 0.5) is 0 Å². The first-order chi connectivity index (χ1) is 7.64. The Kier molecular flexibility index (Phi) is 1.82. The van der Waals surface area contributed by atoms with E-state index < -0.39 is 0 Å². The topological polar surface area (TPSA) is 57.5 Å². The number of phenols is 2. The van der Waals surface area contributed by atoms with Crippen LogP contribution in [0.1, 0.15) is 41.6 Å². The Hall–Kier alpha value is -1.51. The second kappa shape index (κ2) is 3.00. The van der Waals surface area contributed by atoms with Crippen LogP contribution < -0.4 is 0 Å². The molecule has 1 saturated carbocycles. The summed E-state index contributed by atoms with van der Waals surface area (Å²) < 4.78 is 0. The Morgan fingerprint density at radius 1 is 1.06 bits per heavy atom. The van der Waals surface area contributed by atoms with Gasteiger partial charge in [-0.1, -0.05) is 12.8 Å². The molecule has 3 heteroatoms. The number of hydrogen-bond donors (Lipinski definition) is 2. The van der Waals surface area contributed by atoms with Crippen molar-refractivity contribution in [2.75, 3.05) is 0 Å².